The summed E-state index contributed by atoms with van der Waals surface area (Å²) in [7, 11) is 1.68. The van der Waals surface area contributed by atoms with Gasteiger partial charge in [0.15, 0.2) is 5.66 Å². The fourth-order valence-electron chi connectivity index (χ4n) is 3.31. The number of rotatable bonds is 7. The highest BCUT2D eigenvalue weighted by molar-refractivity contribution is 5.95. The molecule has 7 nitrogen and oxygen atoms in total. The molecule has 1 aromatic rings. The maximum absolute atomic E-state index is 5.95. The van der Waals surface area contributed by atoms with Crippen LogP contribution in [0.15, 0.2) is 34.3 Å². The average molecular weight is 345 g/mol. The summed E-state index contributed by atoms with van der Waals surface area (Å²) < 4.78 is 5.25. The zero-order chi connectivity index (χ0) is 18.0. The van der Waals surface area contributed by atoms with Gasteiger partial charge in [0.1, 0.15) is 5.75 Å². The standard InChI is InChI=1S/C18H27N5O2/c1-18(2)22-16(19)21-17(20)23(18)25-11-10-15(12-4-5-12)13-6-8-14(24-3)9-7-13/h6-9,12,15H,4-5,10-11H2,1-3H3,(H4,19,20,21,22). The molecule has 1 saturated carbocycles. The molecule has 136 valence electrons. The summed E-state index contributed by atoms with van der Waals surface area (Å²) >= 11 is 0. The SMILES string of the molecule is COc1ccc(C(CCON2C(N)=NC(N)=NC2(C)C)C2CC2)cc1. The number of nitrogens with zero attached hydrogens (tertiary/aromatic N) is 3. The second-order valence-electron chi connectivity index (χ2n) is 7.07. The van der Waals surface area contributed by atoms with Crippen LogP contribution in [0.1, 0.15) is 44.6 Å². The van der Waals surface area contributed by atoms with E-state index in [1.807, 2.05) is 26.0 Å². The first-order chi connectivity index (χ1) is 11.9. The number of guanidine groups is 2. The van der Waals surface area contributed by atoms with Crippen molar-refractivity contribution >= 4 is 11.9 Å². The van der Waals surface area contributed by atoms with Gasteiger partial charge in [0.25, 0.3) is 0 Å². The lowest BCUT2D eigenvalue weighted by Crippen LogP contribution is -2.53. The second kappa shape index (κ2) is 6.92. The van der Waals surface area contributed by atoms with Gasteiger partial charge in [-0.3, -0.25) is 4.84 Å². The lowest BCUT2D eigenvalue weighted by molar-refractivity contribution is -0.158. The third-order valence-corrected chi connectivity index (χ3v) is 4.71. The largest absolute Gasteiger partial charge is 0.497 e. The monoisotopic (exact) mass is 345 g/mol. The van der Waals surface area contributed by atoms with Gasteiger partial charge in [-0.1, -0.05) is 12.1 Å². The molecule has 1 atom stereocenters. The molecule has 7 heteroatoms. The maximum atomic E-state index is 5.95. The Kier molecular flexibility index (Phi) is 4.85. The van der Waals surface area contributed by atoms with Crippen LogP contribution in [0.25, 0.3) is 0 Å². The summed E-state index contributed by atoms with van der Waals surface area (Å²) in [6.45, 7) is 4.33. The summed E-state index contributed by atoms with van der Waals surface area (Å²) in [4.78, 5) is 14.2. The topological polar surface area (TPSA) is 98.5 Å². The van der Waals surface area contributed by atoms with Crippen molar-refractivity contribution in [1.82, 2.24) is 5.06 Å². The predicted octanol–water partition coefficient (Wildman–Crippen LogP) is 2.19. The second-order valence-corrected chi connectivity index (χ2v) is 7.07. The van der Waals surface area contributed by atoms with E-state index < -0.39 is 5.66 Å². The number of methoxy groups -OCH3 is 1. The maximum Gasteiger partial charge on any atom is 0.226 e. The van der Waals surface area contributed by atoms with Crippen LogP contribution < -0.4 is 16.2 Å². The van der Waals surface area contributed by atoms with E-state index in [1.54, 1.807) is 12.2 Å². The highest BCUT2D eigenvalue weighted by Crippen LogP contribution is 2.44. The molecule has 0 bridgehead atoms. The molecule has 2 aliphatic rings. The Labute approximate surface area is 148 Å². The van der Waals surface area contributed by atoms with Crippen LogP contribution in [0.4, 0.5) is 0 Å². The van der Waals surface area contributed by atoms with Crippen LogP contribution in [0.2, 0.25) is 0 Å². The number of benzene rings is 1. The third kappa shape index (κ3) is 4.04. The summed E-state index contributed by atoms with van der Waals surface area (Å²) in [5, 5.41) is 1.54. The van der Waals surface area contributed by atoms with E-state index in [-0.39, 0.29) is 11.9 Å². The van der Waals surface area contributed by atoms with E-state index in [4.69, 9.17) is 21.0 Å². The molecular weight excluding hydrogens is 318 g/mol. The summed E-state index contributed by atoms with van der Waals surface area (Å²) in [6, 6.07) is 8.32. The molecule has 0 aromatic heterocycles. The molecular formula is C18H27N5O2. The number of aliphatic imine (C=N–C) groups is 2. The number of ether oxygens (including phenoxy) is 1. The van der Waals surface area contributed by atoms with Crippen molar-refractivity contribution in [3.63, 3.8) is 0 Å². The van der Waals surface area contributed by atoms with E-state index in [0.29, 0.717) is 12.5 Å². The number of hydroxylamine groups is 2. The highest BCUT2D eigenvalue weighted by atomic mass is 16.7. The molecule has 1 aromatic carbocycles. The Morgan fingerprint density at radius 2 is 1.92 bits per heavy atom. The van der Waals surface area contributed by atoms with Crippen molar-refractivity contribution in [3.8, 4) is 5.75 Å². The minimum Gasteiger partial charge on any atom is -0.497 e. The van der Waals surface area contributed by atoms with Crippen molar-refractivity contribution in [2.45, 2.75) is 44.7 Å². The molecule has 1 heterocycles. The minimum absolute atomic E-state index is 0.177. The van der Waals surface area contributed by atoms with Crippen molar-refractivity contribution in [2.75, 3.05) is 13.7 Å². The first-order valence-corrected chi connectivity index (χ1v) is 8.67. The Bertz CT molecular complexity index is 665. The predicted molar refractivity (Wildman–Crippen MR) is 98.2 cm³/mol. The van der Waals surface area contributed by atoms with Gasteiger partial charge in [0.05, 0.1) is 13.7 Å². The Morgan fingerprint density at radius 1 is 1.24 bits per heavy atom. The van der Waals surface area contributed by atoms with Gasteiger partial charge in [-0.15, -0.1) is 0 Å². The normalized spacial score (nSPS) is 20.7. The molecule has 0 saturated heterocycles. The molecule has 1 unspecified atom stereocenters. The third-order valence-electron chi connectivity index (χ3n) is 4.71. The smallest absolute Gasteiger partial charge is 0.226 e. The fourth-order valence-corrected chi connectivity index (χ4v) is 3.31. The van der Waals surface area contributed by atoms with Gasteiger partial charge < -0.3 is 16.2 Å². The van der Waals surface area contributed by atoms with Crippen LogP contribution in [0, 0.1) is 5.92 Å². The fraction of sp³-hybridized carbons (Fsp3) is 0.556. The molecule has 4 N–H and O–H groups in total. The summed E-state index contributed by atoms with van der Waals surface area (Å²) in [5.74, 6) is 2.50. The lowest BCUT2D eigenvalue weighted by Gasteiger charge is -2.37. The van der Waals surface area contributed by atoms with E-state index >= 15 is 0 Å². The van der Waals surface area contributed by atoms with Gasteiger partial charge in [-0.25, -0.2) is 4.99 Å². The van der Waals surface area contributed by atoms with Gasteiger partial charge in [0.2, 0.25) is 11.9 Å². The van der Waals surface area contributed by atoms with E-state index in [9.17, 15) is 0 Å². The van der Waals surface area contributed by atoms with Crippen molar-refractivity contribution in [2.24, 2.45) is 27.4 Å². The van der Waals surface area contributed by atoms with E-state index in [2.05, 4.69) is 22.1 Å². The van der Waals surface area contributed by atoms with Gasteiger partial charge in [0, 0.05) is 0 Å². The van der Waals surface area contributed by atoms with Crippen molar-refractivity contribution in [1.29, 1.82) is 0 Å². The zero-order valence-electron chi connectivity index (χ0n) is 15.1. The van der Waals surface area contributed by atoms with Crippen LogP contribution in [-0.2, 0) is 4.84 Å². The molecule has 1 fully saturated rings. The number of hydrogen-bond acceptors (Lipinski definition) is 7. The Morgan fingerprint density at radius 3 is 2.48 bits per heavy atom. The van der Waals surface area contributed by atoms with Crippen LogP contribution >= 0.6 is 0 Å². The number of nitrogens with two attached hydrogens (primary N) is 2. The summed E-state index contributed by atoms with van der Waals surface area (Å²) in [5.41, 5.74) is 12.3. The molecule has 0 spiro atoms. The Balaban J connectivity index is 1.62. The lowest BCUT2D eigenvalue weighted by atomic mass is 9.91. The highest BCUT2D eigenvalue weighted by Gasteiger charge is 2.35. The minimum atomic E-state index is -0.662. The van der Waals surface area contributed by atoms with E-state index in [1.165, 1.54) is 18.4 Å². The van der Waals surface area contributed by atoms with Crippen molar-refractivity contribution < 1.29 is 9.57 Å². The molecule has 25 heavy (non-hydrogen) atoms. The Hall–Kier alpha value is -2.28. The average Bonchev–Trinajstić information content (AvgIpc) is 3.38. The van der Waals surface area contributed by atoms with Crippen LogP contribution in [0.5, 0.6) is 5.75 Å². The molecule has 1 aliphatic heterocycles. The van der Waals surface area contributed by atoms with Gasteiger partial charge in [-0.2, -0.15) is 10.1 Å². The van der Waals surface area contributed by atoms with E-state index in [0.717, 1.165) is 18.1 Å². The number of hydrogen-bond donors (Lipinski definition) is 2. The van der Waals surface area contributed by atoms with Gasteiger partial charge in [-0.05, 0) is 62.6 Å². The molecule has 0 amide bonds. The molecule has 3 rings (SSSR count). The first-order valence-electron chi connectivity index (χ1n) is 8.67. The first kappa shape index (κ1) is 17.5. The van der Waals surface area contributed by atoms with Crippen molar-refractivity contribution in [3.05, 3.63) is 29.8 Å². The van der Waals surface area contributed by atoms with Crippen LogP contribution in [0.3, 0.4) is 0 Å². The molecule has 0 radical (unpaired) electrons. The molecule has 1 aliphatic carbocycles. The zero-order valence-corrected chi connectivity index (χ0v) is 15.1. The summed E-state index contributed by atoms with van der Waals surface area (Å²) in [6.07, 6.45) is 3.46. The van der Waals surface area contributed by atoms with Gasteiger partial charge >= 0.3 is 0 Å². The quantitative estimate of drug-likeness (QED) is 0.789. The van der Waals surface area contributed by atoms with Crippen LogP contribution in [-0.4, -0.2) is 36.4 Å².